The van der Waals surface area contributed by atoms with E-state index in [2.05, 4.69) is 22.5 Å². The Morgan fingerprint density at radius 1 is 1.35 bits per heavy atom. The molecule has 1 aromatic rings. The van der Waals surface area contributed by atoms with Crippen molar-refractivity contribution < 1.29 is 8.42 Å². The predicted molar refractivity (Wildman–Crippen MR) is 92.9 cm³/mol. The summed E-state index contributed by atoms with van der Waals surface area (Å²) in [6, 6.07) is 7.06. The Bertz CT molecular complexity index is 641. The Balaban J connectivity index is 2.06. The van der Waals surface area contributed by atoms with Crippen LogP contribution in [0.4, 0.5) is 0 Å². The molecular weight excluding hydrogens is 312 g/mol. The summed E-state index contributed by atoms with van der Waals surface area (Å²) < 4.78 is 27.0. The third kappa shape index (κ3) is 4.45. The fourth-order valence-electron chi connectivity index (χ4n) is 2.76. The van der Waals surface area contributed by atoms with Crippen LogP contribution < -0.4 is 10.6 Å². The summed E-state index contributed by atoms with van der Waals surface area (Å²) in [5.41, 5.74) is 1.01. The number of nitrogens with zero attached hydrogens (tertiary/aromatic N) is 2. The van der Waals surface area contributed by atoms with Gasteiger partial charge in [0.05, 0.1) is 4.90 Å². The monoisotopic (exact) mass is 338 g/mol. The van der Waals surface area contributed by atoms with Crippen molar-refractivity contribution in [2.75, 3.05) is 27.2 Å². The van der Waals surface area contributed by atoms with Crippen molar-refractivity contribution in [3.05, 3.63) is 29.8 Å². The Hall–Kier alpha value is -1.60. The van der Waals surface area contributed by atoms with E-state index < -0.39 is 10.0 Å². The van der Waals surface area contributed by atoms with Gasteiger partial charge < -0.3 is 10.6 Å². The van der Waals surface area contributed by atoms with Gasteiger partial charge in [-0.3, -0.25) is 4.99 Å². The van der Waals surface area contributed by atoms with Crippen LogP contribution in [0.25, 0.3) is 0 Å². The first-order valence-electron chi connectivity index (χ1n) is 7.95. The average Bonchev–Trinajstić information content (AvgIpc) is 2.56. The molecule has 1 heterocycles. The molecule has 7 heteroatoms. The summed E-state index contributed by atoms with van der Waals surface area (Å²) in [6.07, 6.45) is 2.04. The lowest BCUT2D eigenvalue weighted by Gasteiger charge is -2.30. The molecule has 0 aromatic heterocycles. The van der Waals surface area contributed by atoms with Gasteiger partial charge in [-0.1, -0.05) is 19.1 Å². The third-order valence-electron chi connectivity index (χ3n) is 4.10. The molecule has 2 N–H and O–H groups in total. The quantitative estimate of drug-likeness (QED) is 0.643. The molecule has 0 amide bonds. The number of guanidine groups is 1. The molecule has 0 saturated carbocycles. The number of aliphatic imine (C=N–C) groups is 1. The van der Waals surface area contributed by atoms with E-state index in [1.165, 1.54) is 0 Å². The second kappa shape index (κ2) is 7.79. The number of sulfonamides is 1. The molecule has 1 aliphatic rings. The van der Waals surface area contributed by atoms with E-state index in [1.807, 2.05) is 12.1 Å². The normalized spacial score (nSPS) is 20.3. The number of hydrogen-bond donors (Lipinski definition) is 2. The highest BCUT2D eigenvalue weighted by atomic mass is 32.2. The van der Waals surface area contributed by atoms with Crippen LogP contribution in [0.3, 0.4) is 0 Å². The molecule has 1 aliphatic heterocycles. The zero-order chi connectivity index (χ0) is 16.9. The number of rotatable bonds is 4. The molecule has 0 bridgehead atoms. The minimum atomic E-state index is -3.38. The largest absolute Gasteiger partial charge is 0.359 e. The maximum absolute atomic E-state index is 12.7. The van der Waals surface area contributed by atoms with Crippen molar-refractivity contribution in [3.63, 3.8) is 0 Å². The first kappa shape index (κ1) is 17.7. The molecule has 128 valence electrons. The van der Waals surface area contributed by atoms with Crippen LogP contribution in [0.2, 0.25) is 0 Å². The Labute approximate surface area is 139 Å². The van der Waals surface area contributed by atoms with Crippen molar-refractivity contribution in [1.29, 1.82) is 0 Å². The van der Waals surface area contributed by atoms with Gasteiger partial charge in [-0.15, -0.1) is 0 Å². The molecule has 2 rings (SSSR count). The van der Waals surface area contributed by atoms with E-state index in [9.17, 15) is 8.42 Å². The van der Waals surface area contributed by atoms with E-state index in [0.29, 0.717) is 36.4 Å². The standard InChI is InChI=1S/C16H26N4O2S/c1-13-5-4-10-20(12-13)23(21,22)15-8-6-14(7-9-15)11-19-16(17-2)18-3/h6-9,13H,4-5,10-12H2,1-3H3,(H2,17,18,19). The average molecular weight is 338 g/mol. The first-order valence-corrected chi connectivity index (χ1v) is 9.39. The molecule has 23 heavy (non-hydrogen) atoms. The fourth-order valence-corrected chi connectivity index (χ4v) is 4.36. The summed E-state index contributed by atoms with van der Waals surface area (Å²) in [4.78, 5) is 4.41. The van der Waals surface area contributed by atoms with Crippen LogP contribution in [0.5, 0.6) is 0 Å². The molecule has 0 spiro atoms. The molecule has 1 fully saturated rings. The summed E-state index contributed by atoms with van der Waals surface area (Å²) in [5, 5.41) is 6.08. The van der Waals surface area contributed by atoms with Crippen molar-refractivity contribution in [2.45, 2.75) is 31.2 Å². The van der Waals surface area contributed by atoms with Gasteiger partial charge in [-0.05, 0) is 36.5 Å². The molecule has 0 aliphatic carbocycles. The van der Waals surface area contributed by atoms with E-state index in [1.54, 1.807) is 30.5 Å². The molecule has 1 aromatic carbocycles. The van der Waals surface area contributed by atoms with Gasteiger partial charge in [0, 0.05) is 33.7 Å². The van der Waals surface area contributed by atoms with Gasteiger partial charge in [-0.2, -0.15) is 4.31 Å². The number of hydrogen-bond acceptors (Lipinski definition) is 3. The van der Waals surface area contributed by atoms with Gasteiger partial charge in [0.1, 0.15) is 0 Å². The molecule has 0 radical (unpaired) electrons. The number of benzene rings is 1. The lowest BCUT2D eigenvalue weighted by atomic mass is 10.0. The molecule has 1 unspecified atom stereocenters. The van der Waals surface area contributed by atoms with Gasteiger partial charge in [-0.25, -0.2) is 8.42 Å². The van der Waals surface area contributed by atoms with Gasteiger partial charge >= 0.3 is 0 Å². The summed E-state index contributed by atoms with van der Waals surface area (Å²) in [6.45, 7) is 3.93. The summed E-state index contributed by atoms with van der Waals surface area (Å²) >= 11 is 0. The maximum Gasteiger partial charge on any atom is 0.243 e. The van der Waals surface area contributed by atoms with Crippen LogP contribution in [-0.2, 0) is 16.6 Å². The van der Waals surface area contributed by atoms with E-state index in [4.69, 9.17) is 0 Å². The van der Waals surface area contributed by atoms with Crippen LogP contribution >= 0.6 is 0 Å². The highest BCUT2D eigenvalue weighted by molar-refractivity contribution is 7.89. The van der Waals surface area contributed by atoms with Gasteiger partial charge in [0.25, 0.3) is 0 Å². The van der Waals surface area contributed by atoms with E-state index >= 15 is 0 Å². The first-order chi connectivity index (χ1) is 11.0. The predicted octanol–water partition coefficient (Wildman–Crippen LogP) is 1.40. The van der Waals surface area contributed by atoms with Crippen LogP contribution in [0.1, 0.15) is 25.3 Å². The highest BCUT2D eigenvalue weighted by Gasteiger charge is 2.28. The van der Waals surface area contributed by atoms with Crippen molar-refractivity contribution in [3.8, 4) is 0 Å². The van der Waals surface area contributed by atoms with E-state index in [0.717, 1.165) is 18.4 Å². The minimum absolute atomic E-state index is 0.369. The summed E-state index contributed by atoms with van der Waals surface area (Å²) in [5.74, 6) is 1.12. The second-order valence-electron chi connectivity index (χ2n) is 5.93. The van der Waals surface area contributed by atoms with Crippen molar-refractivity contribution >= 4 is 16.0 Å². The highest BCUT2D eigenvalue weighted by Crippen LogP contribution is 2.23. The minimum Gasteiger partial charge on any atom is -0.359 e. The summed E-state index contributed by atoms with van der Waals surface area (Å²) in [7, 11) is 0.123. The topological polar surface area (TPSA) is 73.8 Å². The Morgan fingerprint density at radius 2 is 2.04 bits per heavy atom. The van der Waals surface area contributed by atoms with Crippen LogP contribution in [0.15, 0.2) is 34.2 Å². The molecular formula is C16H26N4O2S. The SMILES string of the molecule is CN=C(NC)NCc1ccc(S(=O)(=O)N2CCCC(C)C2)cc1. The molecule has 6 nitrogen and oxygen atoms in total. The number of piperidine rings is 1. The second-order valence-corrected chi connectivity index (χ2v) is 7.87. The molecule has 1 atom stereocenters. The van der Waals surface area contributed by atoms with Gasteiger partial charge in [0.15, 0.2) is 5.96 Å². The lowest BCUT2D eigenvalue weighted by molar-refractivity contribution is 0.281. The van der Waals surface area contributed by atoms with Crippen LogP contribution in [0, 0.1) is 5.92 Å². The van der Waals surface area contributed by atoms with Gasteiger partial charge in [0.2, 0.25) is 10.0 Å². The third-order valence-corrected chi connectivity index (χ3v) is 5.98. The van der Waals surface area contributed by atoms with Crippen LogP contribution in [-0.4, -0.2) is 45.9 Å². The van der Waals surface area contributed by atoms with E-state index in [-0.39, 0.29) is 0 Å². The fraction of sp³-hybridized carbons (Fsp3) is 0.562. The number of nitrogens with one attached hydrogen (secondary N) is 2. The Kier molecular flexibility index (Phi) is 6.01. The smallest absolute Gasteiger partial charge is 0.243 e. The lowest BCUT2D eigenvalue weighted by Crippen LogP contribution is -2.39. The zero-order valence-corrected chi connectivity index (χ0v) is 14.9. The van der Waals surface area contributed by atoms with Crippen molar-refractivity contribution in [1.82, 2.24) is 14.9 Å². The van der Waals surface area contributed by atoms with Crippen molar-refractivity contribution in [2.24, 2.45) is 10.9 Å². The molecule has 1 saturated heterocycles. The maximum atomic E-state index is 12.7. The Morgan fingerprint density at radius 3 is 2.61 bits per heavy atom. The zero-order valence-electron chi connectivity index (χ0n) is 14.0.